The Hall–Kier alpha value is -3.29. The van der Waals surface area contributed by atoms with Crippen molar-refractivity contribution in [2.45, 2.75) is 44.7 Å². The molecular weight excluding hydrogens is 423 g/mol. The van der Waals surface area contributed by atoms with Crippen LogP contribution in [0.5, 0.6) is 0 Å². The number of amides is 4. The van der Waals surface area contributed by atoms with E-state index in [-0.39, 0.29) is 35.5 Å². The van der Waals surface area contributed by atoms with Crippen molar-refractivity contribution in [3.8, 4) is 0 Å². The third-order valence-corrected chi connectivity index (χ3v) is 7.41. The fourth-order valence-corrected chi connectivity index (χ4v) is 5.11. The number of benzene rings is 1. The second kappa shape index (κ2) is 7.93. The summed E-state index contributed by atoms with van der Waals surface area (Å²) in [6.07, 6.45) is 6.32. The van der Waals surface area contributed by atoms with Gasteiger partial charge in [-0.15, -0.1) is 0 Å². The van der Waals surface area contributed by atoms with E-state index in [0.29, 0.717) is 37.1 Å². The Morgan fingerprint density at radius 3 is 2.45 bits per heavy atom. The Bertz CT molecular complexity index is 1080. The van der Waals surface area contributed by atoms with Crippen molar-refractivity contribution >= 4 is 17.8 Å². The molecule has 2 saturated heterocycles. The van der Waals surface area contributed by atoms with Crippen LogP contribution in [0.15, 0.2) is 48.8 Å². The fourth-order valence-electron chi connectivity index (χ4n) is 5.11. The minimum absolute atomic E-state index is 0.0582. The number of aromatic nitrogens is 1. The van der Waals surface area contributed by atoms with Crippen LogP contribution >= 0.6 is 0 Å². The van der Waals surface area contributed by atoms with Crippen molar-refractivity contribution in [2.75, 3.05) is 13.1 Å². The summed E-state index contributed by atoms with van der Waals surface area (Å²) >= 11 is 0. The number of hydrogen-bond acceptors (Lipinski definition) is 4. The normalized spacial score (nSPS) is 24.7. The van der Waals surface area contributed by atoms with Crippen LogP contribution in [0.25, 0.3) is 0 Å². The second-order valence-corrected chi connectivity index (χ2v) is 9.62. The highest BCUT2D eigenvalue weighted by Crippen LogP contribution is 2.48. The van der Waals surface area contributed by atoms with Crippen molar-refractivity contribution < 1.29 is 18.8 Å². The Labute approximate surface area is 192 Å². The molecule has 7 nitrogen and oxygen atoms in total. The van der Waals surface area contributed by atoms with Gasteiger partial charge >= 0.3 is 6.03 Å². The van der Waals surface area contributed by atoms with E-state index in [1.807, 2.05) is 17.9 Å². The topological polar surface area (TPSA) is 82.6 Å². The lowest BCUT2D eigenvalue weighted by atomic mass is 9.73. The number of nitrogens with one attached hydrogen (secondary N) is 1. The average Bonchev–Trinajstić information content (AvgIpc) is 3.54. The molecule has 0 bridgehead atoms. The summed E-state index contributed by atoms with van der Waals surface area (Å²) in [4.78, 5) is 47.0. The van der Waals surface area contributed by atoms with E-state index >= 15 is 0 Å². The van der Waals surface area contributed by atoms with Crippen LogP contribution in [0, 0.1) is 17.2 Å². The molecule has 3 fully saturated rings. The maximum Gasteiger partial charge on any atom is 0.325 e. The first-order valence-electron chi connectivity index (χ1n) is 11.4. The van der Waals surface area contributed by atoms with Gasteiger partial charge in [0.25, 0.3) is 5.91 Å². The lowest BCUT2D eigenvalue weighted by Crippen LogP contribution is -2.54. The predicted octanol–water partition coefficient (Wildman–Crippen LogP) is 3.21. The number of imide groups is 1. The highest BCUT2D eigenvalue weighted by atomic mass is 19.1. The van der Waals surface area contributed by atoms with E-state index in [9.17, 15) is 18.8 Å². The van der Waals surface area contributed by atoms with Gasteiger partial charge in [-0.25, -0.2) is 9.18 Å². The van der Waals surface area contributed by atoms with Crippen molar-refractivity contribution in [3.63, 3.8) is 0 Å². The molecule has 4 amide bonds. The zero-order chi connectivity index (χ0) is 23.2. The molecule has 3 aliphatic rings. The van der Waals surface area contributed by atoms with Gasteiger partial charge in [0.1, 0.15) is 5.82 Å². The molecule has 1 saturated carbocycles. The smallest absolute Gasteiger partial charge is 0.325 e. The molecule has 1 aliphatic carbocycles. The SMILES string of the molecule is CC1(C(=O)N2CCC(C3(c4cccnc4)NC(=O)N(Cc4ccc(F)cc4)C3=O)CC2)CC1. The number of rotatable bonds is 5. The Morgan fingerprint density at radius 1 is 1.15 bits per heavy atom. The van der Waals surface area contributed by atoms with Gasteiger partial charge < -0.3 is 10.2 Å². The first-order valence-corrected chi connectivity index (χ1v) is 11.4. The molecule has 1 atom stereocenters. The van der Waals surface area contributed by atoms with Crippen LogP contribution in [0.4, 0.5) is 9.18 Å². The van der Waals surface area contributed by atoms with E-state index in [1.54, 1.807) is 30.6 Å². The standard InChI is InChI=1S/C25H27FN4O3/c1-24(10-11-24)21(31)29-13-8-18(9-14-29)25(19-3-2-12-27-15-19)22(32)30(23(33)28-25)16-17-4-6-20(26)7-5-17/h2-7,12,15,18H,8-11,13-14,16H2,1H3,(H,28,33). The van der Waals surface area contributed by atoms with Gasteiger partial charge in [0.05, 0.1) is 6.54 Å². The Balaban J connectivity index is 1.42. The molecule has 5 rings (SSSR count). The largest absolute Gasteiger partial charge is 0.342 e. The maximum absolute atomic E-state index is 13.9. The van der Waals surface area contributed by atoms with Crippen molar-refractivity contribution in [2.24, 2.45) is 11.3 Å². The van der Waals surface area contributed by atoms with Gasteiger partial charge in [0.15, 0.2) is 5.54 Å². The molecule has 1 aromatic carbocycles. The average molecular weight is 451 g/mol. The Morgan fingerprint density at radius 2 is 1.85 bits per heavy atom. The molecule has 0 radical (unpaired) electrons. The van der Waals surface area contributed by atoms with E-state index < -0.39 is 11.6 Å². The van der Waals surface area contributed by atoms with Gasteiger partial charge in [-0.3, -0.25) is 19.5 Å². The van der Waals surface area contributed by atoms with Gasteiger partial charge in [0, 0.05) is 36.5 Å². The third kappa shape index (κ3) is 3.67. The summed E-state index contributed by atoms with van der Waals surface area (Å²) in [5.41, 5.74) is -0.148. The van der Waals surface area contributed by atoms with Crippen LogP contribution < -0.4 is 5.32 Å². The van der Waals surface area contributed by atoms with E-state index in [4.69, 9.17) is 0 Å². The van der Waals surface area contributed by atoms with E-state index in [0.717, 1.165) is 12.8 Å². The summed E-state index contributed by atoms with van der Waals surface area (Å²) in [7, 11) is 0. The maximum atomic E-state index is 13.9. The number of urea groups is 1. The molecule has 1 unspecified atom stereocenters. The lowest BCUT2D eigenvalue weighted by Gasteiger charge is -2.41. The number of piperidine rings is 1. The number of nitrogens with zero attached hydrogens (tertiary/aromatic N) is 3. The number of hydrogen-bond donors (Lipinski definition) is 1. The summed E-state index contributed by atoms with van der Waals surface area (Å²) in [6, 6.07) is 8.87. The number of carbonyl (C=O) groups excluding carboxylic acids is 3. The quantitative estimate of drug-likeness (QED) is 0.710. The molecule has 172 valence electrons. The van der Waals surface area contributed by atoms with E-state index in [1.165, 1.54) is 17.0 Å². The highest BCUT2D eigenvalue weighted by Gasteiger charge is 2.58. The zero-order valence-corrected chi connectivity index (χ0v) is 18.6. The monoisotopic (exact) mass is 450 g/mol. The van der Waals surface area contributed by atoms with Crippen LogP contribution in [0.1, 0.15) is 43.7 Å². The Kier molecular flexibility index (Phi) is 5.18. The molecule has 0 spiro atoms. The molecule has 2 aliphatic heterocycles. The molecule has 33 heavy (non-hydrogen) atoms. The number of likely N-dealkylation sites (tertiary alicyclic amines) is 1. The zero-order valence-electron chi connectivity index (χ0n) is 18.6. The molecular formula is C25H27FN4O3. The summed E-state index contributed by atoms with van der Waals surface area (Å²) in [5.74, 6) is -0.686. The van der Waals surface area contributed by atoms with Crippen LogP contribution in [0.3, 0.4) is 0 Å². The summed E-state index contributed by atoms with van der Waals surface area (Å²) in [6.45, 7) is 3.18. The molecule has 3 heterocycles. The van der Waals surface area contributed by atoms with Crippen molar-refractivity contribution in [3.05, 3.63) is 65.7 Å². The van der Waals surface area contributed by atoms with Crippen LogP contribution in [-0.4, -0.2) is 45.7 Å². The summed E-state index contributed by atoms with van der Waals surface area (Å²) < 4.78 is 13.3. The van der Waals surface area contributed by atoms with Gasteiger partial charge in [-0.05, 0) is 55.4 Å². The second-order valence-electron chi connectivity index (χ2n) is 9.62. The van der Waals surface area contributed by atoms with Gasteiger partial charge in [-0.2, -0.15) is 0 Å². The minimum Gasteiger partial charge on any atom is -0.342 e. The first kappa shape index (κ1) is 21.6. The lowest BCUT2D eigenvalue weighted by molar-refractivity contribution is -0.139. The van der Waals surface area contributed by atoms with Gasteiger partial charge in [-0.1, -0.05) is 25.1 Å². The summed E-state index contributed by atoms with van der Waals surface area (Å²) in [5, 5.41) is 2.99. The molecule has 1 N–H and O–H groups in total. The predicted molar refractivity (Wildman–Crippen MR) is 118 cm³/mol. The minimum atomic E-state index is -1.23. The molecule has 8 heteroatoms. The van der Waals surface area contributed by atoms with Gasteiger partial charge in [0.2, 0.25) is 5.91 Å². The molecule has 1 aromatic heterocycles. The number of halogens is 1. The number of pyridine rings is 1. The van der Waals surface area contributed by atoms with E-state index in [2.05, 4.69) is 10.3 Å². The van der Waals surface area contributed by atoms with Crippen molar-refractivity contribution in [1.29, 1.82) is 0 Å². The fraction of sp³-hybridized carbons (Fsp3) is 0.440. The first-order chi connectivity index (χ1) is 15.8. The van der Waals surface area contributed by atoms with Crippen LogP contribution in [0.2, 0.25) is 0 Å². The van der Waals surface area contributed by atoms with Crippen LogP contribution in [-0.2, 0) is 21.7 Å². The van der Waals surface area contributed by atoms with Crippen molar-refractivity contribution in [1.82, 2.24) is 20.1 Å². The number of carbonyl (C=O) groups is 3. The third-order valence-electron chi connectivity index (χ3n) is 7.41. The highest BCUT2D eigenvalue weighted by molar-refractivity contribution is 6.07. The molecule has 2 aromatic rings.